The summed E-state index contributed by atoms with van der Waals surface area (Å²) in [6, 6.07) is 4.19. The SMILES string of the molecule is NS(=O)(=O)CC1(COc2cc(F)ccc2Br)CCCCC1. The molecule has 1 aromatic rings. The number of hydrogen-bond acceptors (Lipinski definition) is 3. The van der Waals surface area contributed by atoms with Gasteiger partial charge in [-0.3, -0.25) is 0 Å². The summed E-state index contributed by atoms with van der Waals surface area (Å²) in [6.45, 7) is 0.228. The van der Waals surface area contributed by atoms with Crippen LogP contribution in [0.15, 0.2) is 22.7 Å². The van der Waals surface area contributed by atoms with Gasteiger partial charge >= 0.3 is 0 Å². The lowest BCUT2D eigenvalue weighted by Gasteiger charge is -2.36. The van der Waals surface area contributed by atoms with Gasteiger partial charge in [-0.05, 0) is 40.9 Å². The normalized spacial score (nSPS) is 18.4. The van der Waals surface area contributed by atoms with Crippen LogP contribution < -0.4 is 9.88 Å². The van der Waals surface area contributed by atoms with Gasteiger partial charge < -0.3 is 4.74 Å². The molecule has 1 aliphatic rings. The molecular weight excluding hydrogens is 361 g/mol. The van der Waals surface area contributed by atoms with Crippen LogP contribution >= 0.6 is 15.9 Å². The molecule has 0 spiro atoms. The molecule has 1 fully saturated rings. The third-order valence-corrected chi connectivity index (χ3v) is 5.52. The molecule has 0 atom stereocenters. The quantitative estimate of drug-likeness (QED) is 0.853. The Morgan fingerprint density at radius 2 is 1.95 bits per heavy atom. The summed E-state index contributed by atoms with van der Waals surface area (Å²) in [5.74, 6) is -0.0980. The second-order valence-electron chi connectivity index (χ2n) is 5.73. The minimum atomic E-state index is -3.57. The Hall–Kier alpha value is -0.660. The summed E-state index contributed by atoms with van der Waals surface area (Å²) in [4.78, 5) is 0. The average Bonchev–Trinajstić information content (AvgIpc) is 2.39. The van der Waals surface area contributed by atoms with Crippen LogP contribution in [0.5, 0.6) is 5.75 Å². The molecule has 2 rings (SSSR count). The summed E-state index contributed by atoms with van der Waals surface area (Å²) >= 11 is 3.30. The van der Waals surface area contributed by atoms with Crippen LogP contribution in [0.3, 0.4) is 0 Å². The van der Waals surface area contributed by atoms with Crippen molar-refractivity contribution in [2.75, 3.05) is 12.4 Å². The molecule has 21 heavy (non-hydrogen) atoms. The van der Waals surface area contributed by atoms with E-state index >= 15 is 0 Å². The Morgan fingerprint density at radius 1 is 1.29 bits per heavy atom. The first-order valence-corrected chi connectivity index (χ1v) is 9.39. The third kappa shape index (κ3) is 4.93. The summed E-state index contributed by atoms with van der Waals surface area (Å²) in [5.41, 5.74) is -0.475. The maximum absolute atomic E-state index is 13.3. The fourth-order valence-corrected chi connectivity index (χ4v) is 4.46. The van der Waals surface area contributed by atoms with E-state index in [0.717, 1.165) is 32.1 Å². The molecule has 0 bridgehead atoms. The van der Waals surface area contributed by atoms with E-state index in [2.05, 4.69) is 15.9 Å². The Labute approximate surface area is 133 Å². The molecule has 0 amide bonds. The second-order valence-corrected chi connectivity index (χ2v) is 8.20. The molecule has 118 valence electrons. The third-order valence-electron chi connectivity index (χ3n) is 3.85. The lowest BCUT2D eigenvalue weighted by molar-refractivity contribution is 0.118. The van der Waals surface area contributed by atoms with Gasteiger partial charge in [0.25, 0.3) is 0 Å². The van der Waals surface area contributed by atoms with Gasteiger partial charge in [0.2, 0.25) is 10.0 Å². The highest BCUT2D eigenvalue weighted by Gasteiger charge is 2.36. The molecule has 0 aromatic heterocycles. The Balaban J connectivity index is 2.14. The van der Waals surface area contributed by atoms with Crippen molar-refractivity contribution in [3.63, 3.8) is 0 Å². The van der Waals surface area contributed by atoms with Gasteiger partial charge in [-0.25, -0.2) is 17.9 Å². The molecule has 0 unspecified atom stereocenters. The van der Waals surface area contributed by atoms with Crippen molar-refractivity contribution in [1.82, 2.24) is 0 Å². The molecule has 2 N–H and O–H groups in total. The van der Waals surface area contributed by atoms with E-state index in [-0.39, 0.29) is 12.4 Å². The smallest absolute Gasteiger partial charge is 0.209 e. The van der Waals surface area contributed by atoms with Crippen molar-refractivity contribution in [1.29, 1.82) is 0 Å². The van der Waals surface area contributed by atoms with E-state index in [4.69, 9.17) is 9.88 Å². The van der Waals surface area contributed by atoms with Gasteiger partial charge in [-0.1, -0.05) is 19.3 Å². The molecule has 0 heterocycles. The lowest BCUT2D eigenvalue weighted by Crippen LogP contribution is -2.40. The molecule has 1 saturated carbocycles. The number of sulfonamides is 1. The summed E-state index contributed by atoms with van der Waals surface area (Å²) in [5, 5.41) is 5.22. The van der Waals surface area contributed by atoms with Crippen molar-refractivity contribution >= 4 is 26.0 Å². The van der Waals surface area contributed by atoms with Crippen molar-refractivity contribution < 1.29 is 17.5 Å². The molecule has 7 heteroatoms. The molecule has 0 aliphatic heterocycles. The van der Waals surface area contributed by atoms with Crippen LogP contribution in [0, 0.1) is 11.2 Å². The summed E-state index contributed by atoms with van der Waals surface area (Å²) < 4.78 is 42.6. The molecule has 1 aliphatic carbocycles. The maximum Gasteiger partial charge on any atom is 0.209 e. The van der Waals surface area contributed by atoms with E-state index in [0.29, 0.717) is 10.2 Å². The topological polar surface area (TPSA) is 69.4 Å². The Morgan fingerprint density at radius 3 is 2.57 bits per heavy atom. The van der Waals surface area contributed by atoms with Crippen LogP contribution in [-0.2, 0) is 10.0 Å². The zero-order valence-electron chi connectivity index (χ0n) is 11.6. The van der Waals surface area contributed by atoms with E-state index < -0.39 is 21.3 Å². The molecule has 0 radical (unpaired) electrons. The number of halogens is 2. The maximum atomic E-state index is 13.3. The molecular formula is C14H19BrFNO3S. The molecule has 0 saturated heterocycles. The largest absolute Gasteiger partial charge is 0.492 e. The standard InChI is InChI=1S/C14H19BrFNO3S/c15-12-5-4-11(16)8-13(12)20-9-14(10-21(17,18)19)6-2-1-3-7-14/h4-5,8H,1-3,6-7,9-10H2,(H2,17,18,19). The zero-order valence-corrected chi connectivity index (χ0v) is 14.1. The molecule has 4 nitrogen and oxygen atoms in total. The van der Waals surface area contributed by atoms with Crippen LogP contribution in [0.1, 0.15) is 32.1 Å². The van der Waals surface area contributed by atoms with E-state index in [1.807, 2.05) is 0 Å². The number of ether oxygens (including phenoxy) is 1. The minimum absolute atomic E-state index is 0.0903. The fraction of sp³-hybridized carbons (Fsp3) is 0.571. The summed E-state index contributed by atoms with van der Waals surface area (Å²) in [7, 11) is -3.57. The molecule has 1 aromatic carbocycles. The number of rotatable bonds is 5. The van der Waals surface area contributed by atoms with Gasteiger partial charge in [0.15, 0.2) is 0 Å². The summed E-state index contributed by atoms with van der Waals surface area (Å²) in [6.07, 6.45) is 4.54. The number of nitrogens with two attached hydrogens (primary N) is 1. The zero-order chi connectivity index (χ0) is 15.5. The fourth-order valence-electron chi connectivity index (χ4n) is 2.88. The highest BCUT2D eigenvalue weighted by molar-refractivity contribution is 9.10. The van der Waals surface area contributed by atoms with Crippen LogP contribution in [0.25, 0.3) is 0 Å². The van der Waals surface area contributed by atoms with Crippen molar-refractivity contribution in [2.24, 2.45) is 10.6 Å². The van der Waals surface area contributed by atoms with E-state index in [1.54, 1.807) is 6.07 Å². The van der Waals surface area contributed by atoms with E-state index in [1.165, 1.54) is 12.1 Å². The van der Waals surface area contributed by atoms with Crippen molar-refractivity contribution in [2.45, 2.75) is 32.1 Å². The minimum Gasteiger partial charge on any atom is -0.492 e. The predicted molar refractivity (Wildman–Crippen MR) is 83.1 cm³/mol. The van der Waals surface area contributed by atoms with Gasteiger partial charge in [0.05, 0.1) is 16.8 Å². The Bertz CT molecular complexity index is 600. The second kappa shape index (κ2) is 6.62. The van der Waals surface area contributed by atoms with Gasteiger partial charge in [-0.15, -0.1) is 0 Å². The van der Waals surface area contributed by atoms with Crippen LogP contribution in [0.4, 0.5) is 4.39 Å². The van der Waals surface area contributed by atoms with Gasteiger partial charge in [0, 0.05) is 11.5 Å². The van der Waals surface area contributed by atoms with Crippen LogP contribution in [-0.4, -0.2) is 20.8 Å². The number of primary sulfonamides is 1. The predicted octanol–water partition coefficient (Wildman–Crippen LogP) is 3.21. The van der Waals surface area contributed by atoms with E-state index in [9.17, 15) is 12.8 Å². The number of benzene rings is 1. The lowest BCUT2D eigenvalue weighted by atomic mass is 9.76. The number of hydrogen-bond donors (Lipinski definition) is 1. The van der Waals surface area contributed by atoms with Gasteiger partial charge in [0.1, 0.15) is 11.6 Å². The average molecular weight is 380 g/mol. The Kier molecular flexibility index (Phi) is 5.27. The highest BCUT2D eigenvalue weighted by atomic mass is 79.9. The van der Waals surface area contributed by atoms with Crippen molar-refractivity contribution in [3.05, 3.63) is 28.5 Å². The van der Waals surface area contributed by atoms with Gasteiger partial charge in [-0.2, -0.15) is 0 Å². The first-order chi connectivity index (χ1) is 9.80. The first kappa shape index (κ1) is 16.7. The van der Waals surface area contributed by atoms with Crippen LogP contribution in [0.2, 0.25) is 0 Å². The highest BCUT2D eigenvalue weighted by Crippen LogP contribution is 2.38. The monoisotopic (exact) mass is 379 g/mol. The van der Waals surface area contributed by atoms with Crippen molar-refractivity contribution in [3.8, 4) is 5.75 Å². The first-order valence-electron chi connectivity index (χ1n) is 6.88.